The summed E-state index contributed by atoms with van der Waals surface area (Å²) in [5.74, 6) is 0. The minimum Gasteiger partial charge on any atom is -0.327 e. The predicted octanol–water partition coefficient (Wildman–Crippen LogP) is 3.69. The van der Waals surface area contributed by atoms with Gasteiger partial charge < -0.3 is 5.73 Å². The maximum absolute atomic E-state index is 6.50. The van der Waals surface area contributed by atoms with Gasteiger partial charge in [0.25, 0.3) is 0 Å². The van der Waals surface area contributed by atoms with E-state index in [1.54, 1.807) is 0 Å². The van der Waals surface area contributed by atoms with Gasteiger partial charge in [-0.2, -0.15) is 0 Å². The van der Waals surface area contributed by atoms with Crippen LogP contribution in [0.1, 0.15) is 5.56 Å². The second-order valence-electron chi connectivity index (χ2n) is 5.73. The molecule has 0 bridgehead atoms. The van der Waals surface area contributed by atoms with Crippen molar-refractivity contribution in [3.05, 3.63) is 96.6 Å². The highest BCUT2D eigenvalue weighted by Crippen LogP contribution is 2.34. The zero-order chi connectivity index (χ0) is 15.9. The first-order valence-corrected chi connectivity index (χ1v) is 9.53. The molecule has 1 atom stereocenters. The summed E-state index contributed by atoms with van der Waals surface area (Å²) in [5, 5.41) is 2.80. The Morgan fingerprint density at radius 3 is 1.57 bits per heavy atom. The van der Waals surface area contributed by atoms with Crippen LogP contribution in [-0.2, 0) is 6.42 Å². The molecule has 116 valence electrons. The molecular formula is C21H22NP. The lowest BCUT2D eigenvalue weighted by atomic mass is 10.1. The monoisotopic (exact) mass is 319 g/mol. The summed E-state index contributed by atoms with van der Waals surface area (Å²) in [6, 6.07) is 32.3. The molecule has 0 heterocycles. The fourth-order valence-electron chi connectivity index (χ4n) is 2.79. The molecule has 0 amide bonds. The third-order valence-electron chi connectivity index (χ3n) is 3.89. The van der Waals surface area contributed by atoms with E-state index < -0.39 is 7.92 Å². The van der Waals surface area contributed by atoms with Gasteiger partial charge in [-0.3, -0.25) is 0 Å². The summed E-state index contributed by atoms with van der Waals surface area (Å²) in [5.41, 5.74) is 7.81. The van der Waals surface area contributed by atoms with E-state index >= 15 is 0 Å². The first-order valence-electron chi connectivity index (χ1n) is 8.00. The molecule has 0 unspecified atom stereocenters. The van der Waals surface area contributed by atoms with E-state index in [0.717, 1.165) is 12.6 Å². The normalized spacial score (nSPS) is 12.3. The van der Waals surface area contributed by atoms with E-state index in [4.69, 9.17) is 5.73 Å². The molecule has 3 aromatic carbocycles. The highest BCUT2D eigenvalue weighted by atomic mass is 31.1. The molecule has 0 aliphatic rings. The van der Waals surface area contributed by atoms with Crippen molar-refractivity contribution in [3.8, 4) is 0 Å². The Balaban J connectivity index is 1.79. The molecule has 0 fully saturated rings. The highest BCUT2D eigenvalue weighted by molar-refractivity contribution is 7.73. The van der Waals surface area contributed by atoms with Crippen LogP contribution in [0.4, 0.5) is 0 Å². The molecule has 0 aromatic heterocycles. The Morgan fingerprint density at radius 1 is 0.652 bits per heavy atom. The molecule has 3 rings (SSSR count). The molecule has 3 aromatic rings. The van der Waals surface area contributed by atoms with Crippen molar-refractivity contribution in [2.75, 3.05) is 6.16 Å². The van der Waals surface area contributed by atoms with Gasteiger partial charge in [-0.1, -0.05) is 91.0 Å². The summed E-state index contributed by atoms with van der Waals surface area (Å²) in [7, 11) is -0.411. The van der Waals surface area contributed by atoms with Crippen molar-refractivity contribution in [3.63, 3.8) is 0 Å². The topological polar surface area (TPSA) is 26.0 Å². The van der Waals surface area contributed by atoms with Gasteiger partial charge in [0.1, 0.15) is 0 Å². The third-order valence-corrected chi connectivity index (χ3v) is 6.57. The second-order valence-corrected chi connectivity index (χ2v) is 7.99. The summed E-state index contributed by atoms with van der Waals surface area (Å²) in [6.07, 6.45) is 1.94. The van der Waals surface area contributed by atoms with Crippen LogP contribution >= 0.6 is 7.92 Å². The van der Waals surface area contributed by atoms with E-state index in [1.807, 2.05) is 0 Å². The zero-order valence-corrected chi connectivity index (χ0v) is 14.1. The summed E-state index contributed by atoms with van der Waals surface area (Å²) >= 11 is 0. The van der Waals surface area contributed by atoms with Gasteiger partial charge in [-0.05, 0) is 36.7 Å². The Kier molecular flexibility index (Phi) is 5.58. The maximum Gasteiger partial charge on any atom is 0.0125 e. The zero-order valence-electron chi connectivity index (χ0n) is 13.2. The van der Waals surface area contributed by atoms with Crippen molar-refractivity contribution in [1.29, 1.82) is 0 Å². The molecule has 2 heteroatoms. The molecular weight excluding hydrogens is 297 g/mol. The fourth-order valence-corrected chi connectivity index (χ4v) is 5.17. The Labute approximate surface area is 139 Å². The van der Waals surface area contributed by atoms with Crippen LogP contribution in [-0.4, -0.2) is 12.2 Å². The molecule has 0 spiro atoms. The fraction of sp³-hybridized carbons (Fsp3) is 0.143. The van der Waals surface area contributed by atoms with Gasteiger partial charge >= 0.3 is 0 Å². The lowest BCUT2D eigenvalue weighted by Crippen LogP contribution is -2.30. The number of rotatable bonds is 6. The number of hydrogen-bond acceptors (Lipinski definition) is 1. The molecule has 0 aliphatic carbocycles. The highest BCUT2D eigenvalue weighted by Gasteiger charge is 2.17. The number of hydrogen-bond donors (Lipinski definition) is 1. The molecule has 0 saturated heterocycles. The number of benzene rings is 3. The lowest BCUT2D eigenvalue weighted by molar-refractivity contribution is 0.746. The smallest absolute Gasteiger partial charge is 0.0125 e. The van der Waals surface area contributed by atoms with Crippen molar-refractivity contribution in [2.24, 2.45) is 5.73 Å². The summed E-state index contributed by atoms with van der Waals surface area (Å²) in [6.45, 7) is 0. The SMILES string of the molecule is N[C@H](Cc1ccccc1)CP(c1ccccc1)c1ccccc1. The standard InChI is InChI=1S/C21H22NP/c22-19(16-18-10-4-1-5-11-18)17-23(20-12-6-2-7-13-20)21-14-8-3-9-15-21/h1-15,19H,16-17,22H2/t19-/m1/s1. The first kappa shape index (κ1) is 15.9. The third kappa shape index (κ3) is 4.51. The molecule has 23 heavy (non-hydrogen) atoms. The summed E-state index contributed by atoms with van der Waals surface area (Å²) < 4.78 is 0. The van der Waals surface area contributed by atoms with E-state index in [2.05, 4.69) is 91.0 Å². The van der Waals surface area contributed by atoms with Crippen molar-refractivity contribution < 1.29 is 0 Å². The van der Waals surface area contributed by atoms with Gasteiger partial charge in [-0.25, -0.2) is 0 Å². The quantitative estimate of drug-likeness (QED) is 0.689. The van der Waals surface area contributed by atoms with E-state index in [1.165, 1.54) is 16.2 Å². The van der Waals surface area contributed by atoms with Crippen molar-refractivity contribution >= 4 is 18.5 Å². The van der Waals surface area contributed by atoms with Crippen LogP contribution in [0.5, 0.6) is 0 Å². The van der Waals surface area contributed by atoms with Gasteiger partial charge in [0.15, 0.2) is 0 Å². The molecule has 0 aliphatic heterocycles. The largest absolute Gasteiger partial charge is 0.327 e. The van der Waals surface area contributed by atoms with Crippen molar-refractivity contribution in [2.45, 2.75) is 12.5 Å². The number of nitrogens with two attached hydrogens (primary N) is 1. The van der Waals surface area contributed by atoms with Gasteiger partial charge in [0.2, 0.25) is 0 Å². The van der Waals surface area contributed by atoms with E-state index in [0.29, 0.717) is 0 Å². The van der Waals surface area contributed by atoms with Gasteiger partial charge in [-0.15, -0.1) is 0 Å². The molecule has 0 radical (unpaired) electrons. The Hall–Kier alpha value is -1.95. The maximum atomic E-state index is 6.50. The Bertz CT molecular complexity index is 658. The molecule has 1 nitrogen and oxygen atoms in total. The van der Waals surface area contributed by atoms with Gasteiger partial charge in [0.05, 0.1) is 0 Å². The predicted molar refractivity (Wildman–Crippen MR) is 102 cm³/mol. The molecule has 2 N–H and O–H groups in total. The van der Waals surface area contributed by atoms with Crippen LogP contribution in [0.2, 0.25) is 0 Å². The van der Waals surface area contributed by atoms with Crippen LogP contribution in [0, 0.1) is 0 Å². The average molecular weight is 319 g/mol. The Morgan fingerprint density at radius 2 is 1.09 bits per heavy atom. The van der Waals surface area contributed by atoms with Crippen LogP contribution < -0.4 is 16.3 Å². The van der Waals surface area contributed by atoms with E-state index in [-0.39, 0.29) is 6.04 Å². The van der Waals surface area contributed by atoms with Crippen molar-refractivity contribution in [1.82, 2.24) is 0 Å². The van der Waals surface area contributed by atoms with Crippen LogP contribution in [0.15, 0.2) is 91.0 Å². The van der Waals surface area contributed by atoms with Crippen LogP contribution in [0.3, 0.4) is 0 Å². The minimum atomic E-state index is -0.411. The van der Waals surface area contributed by atoms with E-state index in [9.17, 15) is 0 Å². The average Bonchev–Trinajstić information content (AvgIpc) is 2.62. The lowest BCUT2D eigenvalue weighted by Gasteiger charge is -2.22. The minimum absolute atomic E-state index is 0.170. The first-order chi connectivity index (χ1) is 11.3. The molecule has 0 saturated carbocycles. The van der Waals surface area contributed by atoms with Crippen LogP contribution in [0.25, 0.3) is 0 Å². The summed E-state index contributed by atoms with van der Waals surface area (Å²) in [4.78, 5) is 0. The van der Waals surface area contributed by atoms with Gasteiger partial charge in [0, 0.05) is 6.04 Å². The second kappa shape index (κ2) is 8.06.